The molecular formula is C18H18F2N2OS. The third-order valence-electron chi connectivity index (χ3n) is 3.98. The molecule has 24 heavy (non-hydrogen) atoms. The third-order valence-corrected chi connectivity index (χ3v) is 4.98. The molecule has 1 aromatic carbocycles. The first kappa shape index (κ1) is 16.8. The van der Waals surface area contributed by atoms with Gasteiger partial charge in [-0.2, -0.15) is 0 Å². The first-order valence-corrected chi connectivity index (χ1v) is 8.73. The van der Waals surface area contributed by atoms with Gasteiger partial charge in [0.25, 0.3) is 5.56 Å². The number of thiophene rings is 1. The van der Waals surface area contributed by atoms with Crippen molar-refractivity contribution >= 4 is 21.6 Å². The van der Waals surface area contributed by atoms with Crippen LogP contribution in [-0.4, -0.2) is 16.2 Å². The summed E-state index contributed by atoms with van der Waals surface area (Å²) in [5, 5.41) is 0.498. The summed E-state index contributed by atoms with van der Waals surface area (Å²) in [4.78, 5) is 19.2. The second-order valence-electron chi connectivity index (χ2n) is 5.64. The number of nitrogens with zero attached hydrogens (tertiary/aromatic N) is 2. The number of aromatic nitrogens is 2. The minimum Gasteiger partial charge on any atom is -0.293 e. The molecule has 0 aliphatic rings. The summed E-state index contributed by atoms with van der Waals surface area (Å²) in [7, 11) is 0. The molecule has 0 saturated carbocycles. The topological polar surface area (TPSA) is 34.9 Å². The van der Waals surface area contributed by atoms with Gasteiger partial charge in [0.2, 0.25) is 0 Å². The lowest BCUT2D eigenvalue weighted by Crippen LogP contribution is -2.26. The van der Waals surface area contributed by atoms with E-state index in [0.717, 1.165) is 22.4 Å². The van der Waals surface area contributed by atoms with E-state index >= 15 is 0 Å². The molecule has 3 nitrogen and oxygen atoms in total. The number of hydrogen-bond acceptors (Lipinski definition) is 3. The van der Waals surface area contributed by atoms with Crippen LogP contribution in [0.2, 0.25) is 0 Å². The van der Waals surface area contributed by atoms with Gasteiger partial charge in [0.05, 0.1) is 11.9 Å². The monoisotopic (exact) mass is 348 g/mol. The van der Waals surface area contributed by atoms with Crippen LogP contribution in [0.25, 0.3) is 21.3 Å². The van der Waals surface area contributed by atoms with Crippen molar-refractivity contribution in [1.82, 2.24) is 9.55 Å². The van der Waals surface area contributed by atoms with E-state index in [4.69, 9.17) is 0 Å². The number of benzene rings is 1. The lowest BCUT2D eigenvalue weighted by Gasteiger charge is -2.10. The van der Waals surface area contributed by atoms with Crippen molar-refractivity contribution in [3.05, 3.63) is 51.1 Å². The Morgan fingerprint density at radius 2 is 1.96 bits per heavy atom. The molecule has 2 aromatic heterocycles. The maximum atomic E-state index is 13.2. The number of halogens is 2. The molecule has 0 radical (unpaired) electrons. The average molecular weight is 348 g/mol. The van der Waals surface area contributed by atoms with Gasteiger partial charge in [0.1, 0.15) is 23.1 Å². The van der Waals surface area contributed by atoms with E-state index in [-0.39, 0.29) is 17.9 Å². The van der Waals surface area contributed by atoms with E-state index in [0.29, 0.717) is 22.5 Å². The Labute approximate surface area is 142 Å². The number of aryl methyl sites for hydroxylation is 2. The summed E-state index contributed by atoms with van der Waals surface area (Å²) in [6.45, 7) is 3.32. The van der Waals surface area contributed by atoms with Crippen LogP contribution >= 0.6 is 11.3 Å². The number of rotatable bonds is 5. The van der Waals surface area contributed by atoms with Gasteiger partial charge in [-0.05, 0) is 31.0 Å². The second kappa shape index (κ2) is 6.81. The van der Waals surface area contributed by atoms with Crippen LogP contribution in [0.4, 0.5) is 8.78 Å². The van der Waals surface area contributed by atoms with Crippen LogP contribution in [0, 0.1) is 12.7 Å². The van der Waals surface area contributed by atoms with Crippen LogP contribution in [0.3, 0.4) is 0 Å². The van der Waals surface area contributed by atoms with E-state index in [9.17, 15) is 13.6 Å². The van der Waals surface area contributed by atoms with Crippen LogP contribution in [0.15, 0.2) is 29.1 Å². The lowest BCUT2D eigenvalue weighted by molar-refractivity contribution is 0.431. The smallest absolute Gasteiger partial charge is 0.263 e. The van der Waals surface area contributed by atoms with Gasteiger partial charge in [-0.1, -0.05) is 19.1 Å². The molecule has 6 heteroatoms. The minimum absolute atomic E-state index is 0.00879. The highest BCUT2D eigenvalue weighted by atomic mass is 32.1. The quantitative estimate of drug-likeness (QED) is 0.681. The second-order valence-corrected chi connectivity index (χ2v) is 6.85. The predicted octanol–water partition coefficient (Wildman–Crippen LogP) is 4.49. The molecule has 0 saturated heterocycles. The number of fused-ring (bicyclic) bond motifs is 1. The lowest BCUT2D eigenvalue weighted by atomic mass is 10.0. The highest BCUT2D eigenvalue weighted by Crippen LogP contribution is 2.35. The van der Waals surface area contributed by atoms with E-state index in [1.54, 1.807) is 12.1 Å². The molecule has 0 N–H and O–H groups in total. The molecule has 0 atom stereocenters. The molecule has 0 amide bonds. The molecule has 126 valence electrons. The fourth-order valence-electron chi connectivity index (χ4n) is 2.93. The Balaban J connectivity index is 2.32. The largest absolute Gasteiger partial charge is 0.293 e. The first-order valence-electron chi connectivity index (χ1n) is 7.91. The number of hydrogen-bond donors (Lipinski definition) is 0. The normalized spacial score (nSPS) is 11.3. The molecule has 0 aliphatic carbocycles. The summed E-state index contributed by atoms with van der Waals surface area (Å²) in [5.74, 6) is 0.300. The Kier molecular flexibility index (Phi) is 4.76. The minimum atomic E-state index is -0.612. The fraction of sp³-hybridized carbons (Fsp3) is 0.333. The highest BCUT2D eigenvalue weighted by Gasteiger charge is 2.19. The molecule has 0 fully saturated rings. The Morgan fingerprint density at radius 3 is 2.58 bits per heavy atom. The maximum Gasteiger partial charge on any atom is 0.263 e. The third kappa shape index (κ3) is 2.86. The summed E-state index contributed by atoms with van der Waals surface area (Å²) >= 11 is 1.45. The Morgan fingerprint density at radius 1 is 1.25 bits per heavy atom. The SMILES string of the molecule is CCCc1nc2sc(C)c(-c3ccc(F)cc3)c2c(=O)n1CCF. The molecule has 0 unspecified atom stereocenters. The van der Waals surface area contributed by atoms with Gasteiger partial charge < -0.3 is 0 Å². The average Bonchev–Trinajstić information content (AvgIpc) is 2.88. The fourth-order valence-corrected chi connectivity index (χ4v) is 3.99. The van der Waals surface area contributed by atoms with Crippen molar-refractivity contribution in [3.63, 3.8) is 0 Å². The molecule has 3 aromatic rings. The summed E-state index contributed by atoms with van der Waals surface area (Å²) in [6.07, 6.45) is 1.47. The summed E-state index contributed by atoms with van der Waals surface area (Å²) < 4.78 is 27.6. The van der Waals surface area contributed by atoms with Crippen molar-refractivity contribution < 1.29 is 8.78 Å². The Hall–Kier alpha value is -2.08. The zero-order chi connectivity index (χ0) is 17.3. The van der Waals surface area contributed by atoms with Gasteiger partial charge in [-0.3, -0.25) is 9.36 Å². The van der Waals surface area contributed by atoms with Crippen molar-refractivity contribution in [2.45, 2.75) is 33.2 Å². The van der Waals surface area contributed by atoms with Gasteiger partial charge >= 0.3 is 0 Å². The Bertz CT molecular complexity index is 929. The van der Waals surface area contributed by atoms with Crippen LogP contribution in [0.5, 0.6) is 0 Å². The van der Waals surface area contributed by atoms with Crippen LogP contribution in [-0.2, 0) is 13.0 Å². The van der Waals surface area contributed by atoms with E-state index in [1.807, 2.05) is 13.8 Å². The van der Waals surface area contributed by atoms with Gasteiger partial charge in [-0.25, -0.2) is 13.8 Å². The standard InChI is InChI=1S/C18H18F2N2OS/c1-3-4-14-21-17-16(18(23)22(14)10-9-19)15(11(2)24-17)12-5-7-13(20)8-6-12/h5-8H,3-4,9-10H2,1-2H3. The van der Waals surface area contributed by atoms with Crippen molar-refractivity contribution in [1.29, 1.82) is 0 Å². The molecule has 0 spiro atoms. The predicted molar refractivity (Wildman–Crippen MR) is 94.0 cm³/mol. The van der Waals surface area contributed by atoms with E-state index in [2.05, 4.69) is 4.98 Å². The van der Waals surface area contributed by atoms with Crippen LogP contribution in [0.1, 0.15) is 24.0 Å². The maximum absolute atomic E-state index is 13.2. The van der Waals surface area contributed by atoms with Gasteiger partial charge in [-0.15, -0.1) is 11.3 Å². The summed E-state index contributed by atoms with van der Waals surface area (Å²) in [5.41, 5.74) is 1.32. The van der Waals surface area contributed by atoms with Crippen molar-refractivity contribution in [2.75, 3.05) is 6.67 Å². The zero-order valence-electron chi connectivity index (χ0n) is 13.6. The molecular weight excluding hydrogens is 330 g/mol. The van der Waals surface area contributed by atoms with Crippen molar-refractivity contribution in [3.8, 4) is 11.1 Å². The highest BCUT2D eigenvalue weighted by molar-refractivity contribution is 7.19. The van der Waals surface area contributed by atoms with Gasteiger partial charge in [0.15, 0.2) is 0 Å². The van der Waals surface area contributed by atoms with Crippen LogP contribution < -0.4 is 5.56 Å². The molecule has 0 aliphatic heterocycles. The molecule has 2 heterocycles. The van der Waals surface area contributed by atoms with E-state index < -0.39 is 6.67 Å². The first-order chi connectivity index (χ1) is 11.6. The molecule has 3 rings (SSSR count). The van der Waals surface area contributed by atoms with E-state index in [1.165, 1.54) is 28.0 Å². The van der Waals surface area contributed by atoms with Crippen molar-refractivity contribution in [2.24, 2.45) is 0 Å². The zero-order valence-corrected chi connectivity index (χ0v) is 14.4. The molecule has 0 bridgehead atoms. The van der Waals surface area contributed by atoms with Gasteiger partial charge in [0, 0.05) is 16.9 Å². The summed E-state index contributed by atoms with van der Waals surface area (Å²) in [6, 6.07) is 6.06. The number of alkyl halides is 1.